The van der Waals surface area contributed by atoms with Gasteiger partial charge in [0.1, 0.15) is 12.4 Å². The summed E-state index contributed by atoms with van der Waals surface area (Å²) in [5.74, 6) is -0.760. The highest BCUT2D eigenvalue weighted by atomic mass is 19.4. The molecular weight excluding hydrogens is 457 g/mol. The van der Waals surface area contributed by atoms with Crippen LogP contribution in [0.5, 0.6) is 5.75 Å². The highest BCUT2D eigenvalue weighted by molar-refractivity contribution is 5.74. The van der Waals surface area contributed by atoms with Gasteiger partial charge in [0.2, 0.25) is 5.91 Å². The summed E-state index contributed by atoms with van der Waals surface area (Å²) in [4.78, 5) is 22.3. The summed E-state index contributed by atoms with van der Waals surface area (Å²) in [7, 11) is 0. The van der Waals surface area contributed by atoms with E-state index >= 15 is 0 Å². The van der Waals surface area contributed by atoms with Gasteiger partial charge in [0, 0.05) is 6.42 Å². The molecule has 34 heavy (non-hydrogen) atoms. The average molecular weight is 491 g/mol. The highest BCUT2D eigenvalue weighted by Crippen LogP contribution is 2.41. The summed E-state index contributed by atoms with van der Waals surface area (Å²) in [5, 5.41) is 32.3. The number of nitrogens with one attached hydrogen (secondary N) is 1. The molecular formula is C23H33F3N2O6. The van der Waals surface area contributed by atoms with E-state index in [1.165, 1.54) is 12.1 Å². The first-order valence-electron chi connectivity index (χ1n) is 11.6. The Kier molecular flexibility index (Phi) is 11.2. The molecule has 2 rings (SSSR count). The topological polar surface area (TPSA) is 128 Å². The number of ether oxygens (including phenoxy) is 1. The highest BCUT2D eigenvalue weighted by Gasteiger charge is 2.42. The Labute approximate surface area is 196 Å². The van der Waals surface area contributed by atoms with Gasteiger partial charge in [0.05, 0.1) is 23.8 Å². The number of carbonyl (C=O) groups is 1. The van der Waals surface area contributed by atoms with Crippen molar-refractivity contribution in [2.24, 2.45) is 17.0 Å². The van der Waals surface area contributed by atoms with Crippen LogP contribution in [0.4, 0.5) is 13.2 Å². The molecule has 0 aromatic heterocycles. The number of halogens is 3. The summed E-state index contributed by atoms with van der Waals surface area (Å²) < 4.78 is 43.7. The maximum absolute atomic E-state index is 12.8. The minimum atomic E-state index is -4.48. The molecule has 1 aliphatic rings. The summed E-state index contributed by atoms with van der Waals surface area (Å²) in [6.07, 6.45) is -1.15. The third-order valence-corrected chi connectivity index (χ3v) is 6.41. The summed E-state index contributed by atoms with van der Waals surface area (Å²) in [6, 6.07) is 3.88. The zero-order valence-corrected chi connectivity index (χ0v) is 18.9. The number of aliphatic hydroxyl groups excluding tert-OH is 2. The lowest BCUT2D eigenvalue weighted by Crippen LogP contribution is -2.25. The van der Waals surface area contributed by atoms with E-state index in [-0.39, 0.29) is 43.5 Å². The Hall–Kier alpha value is -2.24. The number of hydrogen-bond donors (Lipinski definition) is 4. The second-order valence-electron chi connectivity index (χ2n) is 8.86. The smallest absolute Gasteiger partial charge is 0.416 e. The Morgan fingerprint density at radius 1 is 1.18 bits per heavy atom. The Balaban J connectivity index is 1.79. The monoisotopic (exact) mass is 490 g/mol. The number of hydroxylamine groups is 1. The van der Waals surface area contributed by atoms with E-state index in [0.29, 0.717) is 19.3 Å². The van der Waals surface area contributed by atoms with Crippen molar-refractivity contribution in [3.05, 3.63) is 34.7 Å². The summed E-state index contributed by atoms with van der Waals surface area (Å²) in [5.41, 5.74) is 0.752. The number of alkyl halides is 3. The lowest BCUT2D eigenvalue weighted by molar-refractivity contribution is -0.137. The Morgan fingerprint density at radius 3 is 2.59 bits per heavy atom. The fraction of sp³-hybridized carbons (Fsp3) is 0.696. The van der Waals surface area contributed by atoms with Crippen molar-refractivity contribution in [2.75, 3.05) is 6.61 Å². The van der Waals surface area contributed by atoms with E-state index in [4.69, 9.17) is 9.94 Å². The third kappa shape index (κ3) is 8.84. The SMILES string of the molecule is O=NC1C[C@H](O)[C@H](CCCCCCC(=O)NO)[C@H]1CC[C@@H](O)COc1cccc(C(F)(F)F)c1. The lowest BCUT2D eigenvalue weighted by atomic mass is 9.84. The normalized spacial score (nSPS) is 23.5. The van der Waals surface area contributed by atoms with Gasteiger partial charge >= 0.3 is 6.18 Å². The first-order valence-corrected chi connectivity index (χ1v) is 11.6. The maximum atomic E-state index is 12.8. The van der Waals surface area contributed by atoms with E-state index < -0.39 is 35.9 Å². The van der Waals surface area contributed by atoms with Gasteiger partial charge in [-0.1, -0.05) is 30.5 Å². The molecule has 1 aliphatic carbocycles. The molecule has 1 saturated carbocycles. The molecule has 1 fully saturated rings. The second kappa shape index (κ2) is 13.6. The molecule has 5 atom stereocenters. The fourth-order valence-electron chi connectivity index (χ4n) is 4.60. The van der Waals surface area contributed by atoms with Crippen LogP contribution in [0.3, 0.4) is 0 Å². The molecule has 0 spiro atoms. The Bertz CT molecular complexity index is 779. The molecule has 0 radical (unpaired) electrons. The number of nitrogens with zero attached hydrogens (tertiary/aromatic N) is 1. The van der Waals surface area contributed by atoms with Crippen LogP contribution >= 0.6 is 0 Å². The van der Waals surface area contributed by atoms with E-state index in [2.05, 4.69) is 5.18 Å². The van der Waals surface area contributed by atoms with Gasteiger partial charge in [-0.05, 0) is 62.1 Å². The molecule has 0 bridgehead atoms. The first kappa shape index (κ1) is 28.0. The van der Waals surface area contributed by atoms with Crippen molar-refractivity contribution in [1.82, 2.24) is 5.48 Å². The van der Waals surface area contributed by atoms with E-state index in [0.717, 1.165) is 31.4 Å². The minimum Gasteiger partial charge on any atom is -0.491 e. The predicted octanol–water partition coefficient (Wildman–Crippen LogP) is 4.20. The molecule has 1 amide bonds. The van der Waals surface area contributed by atoms with Crippen LogP contribution in [-0.4, -0.2) is 46.2 Å². The van der Waals surface area contributed by atoms with Gasteiger partial charge in [0.25, 0.3) is 0 Å². The second-order valence-corrected chi connectivity index (χ2v) is 8.86. The molecule has 0 heterocycles. The lowest BCUT2D eigenvalue weighted by Gasteiger charge is -2.24. The van der Waals surface area contributed by atoms with Gasteiger partial charge in [-0.15, -0.1) is 0 Å². The summed E-state index contributed by atoms with van der Waals surface area (Å²) >= 11 is 0. The van der Waals surface area contributed by atoms with Crippen molar-refractivity contribution in [3.63, 3.8) is 0 Å². The number of carbonyl (C=O) groups excluding carboxylic acids is 1. The zero-order valence-electron chi connectivity index (χ0n) is 18.9. The number of rotatable bonds is 14. The van der Waals surface area contributed by atoms with Crippen molar-refractivity contribution in [3.8, 4) is 5.75 Å². The quantitative estimate of drug-likeness (QED) is 0.134. The predicted molar refractivity (Wildman–Crippen MR) is 117 cm³/mol. The molecule has 0 aliphatic heterocycles. The van der Waals surface area contributed by atoms with Crippen LogP contribution in [-0.2, 0) is 11.0 Å². The van der Waals surface area contributed by atoms with Gasteiger partial charge in [-0.2, -0.15) is 18.1 Å². The average Bonchev–Trinajstić information content (AvgIpc) is 3.12. The van der Waals surface area contributed by atoms with Gasteiger partial charge < -0.3 is 14.9 Å². The van der Waals surface area contributed by atoms with E-state index in [1.54, 1.807) is 5.48 Å². The fourth-order valence-corrected chi connectivity index (χ4v) is 4.60. The molecule has 8 nitrogen and oxygen atoms in total. The van der Waals surface area contributed by atoms with Gasteiger partial charge in [-0.25, -0.2) is 5.48 Å². The standard InChI is InChI=1S/C23H33F3N2O6/c24-23(25,26)15-6-5-7-17(12-15)34-14-16(29)10-11-18-19(21(30)13-20(18)27-32)8-3-1-2-4-9-22(31)28-33/h5-7,12,16,18-21,29-30,33H,1-4,8-11,13-14H2,(H,28,31)/t16-,18-,19-,20?,21+/m1/s1. The number of aliphatic hydroxyl groups is 2. The van der Waals surface area contributed by atoms with Crippen LogP contribution in [0.1, 0.15) is 63.4 Å². The van der Waals surface area contributed by atoms with Crippen molar-refractivity contribution in [1.29, 1.82) is 0 Å². The number of unbranched alkanes of at least 4 members (excludes halogenated alkanes) is 3. The van der Waals surface area contributed by atoms with E-state index in [1.807, 2.05) is 0 Å². The van der Waals surface area contributed by atoms with Gasteiger partial charge in [0.15, 0.2) is 0 Å². The van der Waals surface area contributed by atoms with Gasteiger partial charge in [-0.3, -0.25) is 10.0 Å². The molecule has 4 N–H and O–H groups in total. The van der Waals surface area contributed by atoms with Crippen LogP contribution in [0.2, 0.25) is 0 Å². The molecule has 1 aromatic rings. The van der Waals surface area contributed by atoms with Crippen LogP contribution in [0, 0.1) is 16.7 Å². The minimum absolute atomic E-state index is 0.00643. The molecule has 1 unspecified atom stereocenters. The van der Waals surface area contributed by atoms with Crippen LogP contribution in [0.15, 0.2) is 29.4 Å². The Morgan fingerprint density at radius 2 is 1.91 bits per heavy atom. The molecule has 1 aromatic carbocycles. The molecule has 11 heteroatoms. The van der Waals surface area contributed by atoms with Crippen molar-refractivity contribution >= 4 is 5.91 Å². The largest absolute Gasteiger partial charge is 0.491 e. The van der Waals surface area contributed by atoms with E-state index in [9.17, 15) is 33.1 Å². The number of nitroso groups, excluding NO2 is 1. The zero-order chi connectivity index (χ0) is 25.1. The van der Waals surface area contributed by atoms with Crippen LogP contribution < -0.4 is 10.2 Å². The molecule has 192 valence electrons. The van der Waals surface area contributed by atoms with Crippen molar-refractivity contribution < 1.29 is 38.1 Å². The van der Waals surface area contributed by atoms with Crippen molar-refractivity contribution in [2.45, 2.75) is 82.2 Å². The third-order valence-electron chi connectivity index (χ3n) is 6.41. The molecule has 0 saturated heterocycles. The summed E-state index contributed by atoms with van der Waals surface area (Å²) in [6.45, 7) is -0.193. The number of hydrogen-bond acceptors (Lipinski definition) is 7. The maximum Gasteiger partial charge on any atom is 0.416 e. The number of benzene rings is 1. The number of amides is 1. The first-order chi connectivity index (χ1) is 16.2. The van der Waals surface area contributed by atoms with Crippen LogP contribution in [0.25, 0.3) is 0 Å².